The number of amides is 1. The number of carboxylic acid groups (broad SMARTS) is 1. The lowest BCUT2D eigenvalue weighted by molar-refractivity contribution is -0.137. The number of para-hydroxylation sites is 1. The maximum absolute atomic E-state index is 13.1. The predicted octanol–water partition coefficient (Wildman–Crippen LogP) is 6.40. The lowest BCUT2D eigenvalue weighted by Crippen LogP contribution is -2.35. The summed E-state index contributed by atoms with van der Waals surface area (Å²) in [5.41, 5.74) is 2.37. The number of ketones is 1. The first-order chi connectivity index (χ1) is 20.6. The highest BCUT2D eigenvalue weighted by atomic mass is 35.5. The number of hydrogen-bond acceptors (Lipinski definition) is 7. The Hall–Kier alpha value is -3.44. The molecule has 2 aromatic carbocycles. The van der Waals surface area contributed by atoms with Crippen LogP contribution in [0.4, 0.5) is 10.8 Å². The molecule has 9 nitrogen and oxygen atoms in total. The van der Waals surface area contributed by atoms with Gasteiger partial charge in [-0.2, -0.15) is 0 Å². The van der Waals surface area contributed by atoms with Gasteiger partial charge in [0.2, 0.25) is 0 Å². The Morgan fingerprint density at radius 2 is 2.00 bits per heavy atom. The summed E-state index contributed by atoms with van der Waals surface area (Å²) >= 11 is 14.6. The summed E-state index contributed by atoms with van der Waals surface area (Å²) < 4.78 is 7.89. The molecular formula is C31H32Cl2N4O5S. The van der Waals surface area contributed by atoms with E-state index in [1.54, 1.807) is 31.5 Å². The van der Waals surface area contributed by atoms with Gasteiger partial charge in [-0.25, -0.2) is 4.98 Å². The quantitative estimate of drug-likeness (QED) is 0.184. The average molecular weight is 644 g/mol. The Balaban J connectivity index is 1.17. The molecule has 5 rings (SSSR count). The van der Waals surface area contributed by atoms with Crippen LogP contribution in [0.25, 0.3) is 10.9 Å². The molecule has 0 aliphatic carbocycles. The number of nitrogens with one attached hydrogen (secondary N) is 1. The van der Waals surface area contributed by atoms with Crippen molar-refractivity contribution < 1.29 is 24.2 Å². The third-order valence-corrected chi connectivity index (χ3v) is 9.39. The number of benzene rings is 2. The Bertz CT molecular complexity index is 1670. The van der Waals surface area contributed by atoms with Crippen LogP contribution in [0, 0.1) is 0 Å². The molecule has 0 bridgehead atoms. The minimum absolute atomic E-state index is 0.0328. The first-order valence-corrected chi connectivity index (χ1v) is 15.6. The van der Waals surface area contributed by atoms with Crippen LogP contribution in [0.2, 0.25) is 10.0 Å². The zero-order chi connectivity index (χ0) is 30.7. The van der Waals surface area contributed by atoms with Crippen LogP contribution in [0.1, 0.15) is 47.0 Å². The van der Waals surface area contributed by atoms with Crippen LogP contribution in [0.15, 0.2) is 48.8 Å². The molecule has 4 aromatic rings. The normalized spacial score (nSPS) is 15.6. The lowest BCUT2D eigenvalue weighted by Gasteiger charge is -2.25. The topological polar surface area (TPSA) is 114 Å². The fraction of sp³-hybridized carbons (Fsp3) is 0.355. The first-order valence-electron chi connectivity index (χ1n) is 14.0. The number of ether oxygens (including phenoxy) is 1. The predicted molar refractivity (Wildman–Crippen MR) is 170 cm³/mol. The number of carboxylic acids is 1. The largest absolute Gasteiger partial charge is 0.481 e. The molecule has 1 fully saturated rings. The van der Waals surface area contributed by atoms with Gasteiger partial charge in [0.1, 0.15) is 6.10 Å². The Morgan fingerprint density at radius 3 is 2.79 bits per heavy atom. The summed E-state index contributed by atoms with van der Waals surface area (Å²) in [5, 5.41) is 14.1. The number of aromatic nitrogens is 2. The smallest absolute Gasteiger partial charge is 0.303 e. The molecule has 43 heavy (non-hydrogen) atoms. The second-order valence-corrected chi connectivity index (χ2v) is 12.6. The van der Waals surface area contributed by atoms with Crippen LogP contribution < -0.4 is 10.2 Å². The van der Waals surface area contributed by atoms with Gasteiger partial charge in [0, 0.05) is 53.2 Å². The molecule has 226 valence electrons. The number of rotatable bonds is 12. The first kappa shape index (κ1) is 31.0. The fourth-order valence-corrected chi connectivity index (χ4v) is 6.72. The summed E-state index contributed by atoms with van der Waals surface area (Å²) in [4.78, 5) is 44.6. The van der Waals surface area contributed by atoms with E-state index in [2.05, 4.69) is 15.2 Å². The van der Waals surface area contributed by atoms with Crippen molar-refractivity contribution in [3.8, 4) is 0 Å². The van der Waals surface area contributed by atoms with Gasteiger partial charge in [0.25, 0.3) is 5.91 Å². The molecule has 1 amide bonds. The Labute approximate surface area is 263 Å². The van der Waals surface area contributed by atoms with E-state index in [-0.39, 0.29) is 35.6 Å². The van der Waals surface area contributed by atoms with Crippen LogP contribution in [0.3, 0.4) is 0 Å². The fourth-order valence-electron chi connectivity index (χ4n) is 5.25. The van der Waals surface area contributed by atoms with E-state index < -0.39 is 12.1 Å². The van der Waals surface area contributed by atoms with Crippen LogP contribution in [-0.4, -0.2) is 57.6 Å². The van der Waals surface area contributed by atoms with Crippen molar-refractivity contribution >= 4 is 73.9 Å². The number of thiazole rings is 1. The molecule has 0 radical (unpaired) electrons. The molecule has 1 unspecified atom stereocenters. The highest BCUT2D eigenvalue weighted by Gasteiger charge is 2.29. The molecule has 2 aromatic heterocycles. The summed E-state index contributed by atoms with van der Waals surface area (Å²) in [6.07, 6.45) is 5.31. The molecule has 3 heterocycles. The van der Waals surface area contributed by atoms with Crippen LogP contribution in [-0.2, 0) is 34.2 Å². The van der Waals surface area contributed by atoms with E-state index >= 15 is 0 Å². The summed E-state index contributed by atoms with van der Waals surface area (Å²) in [7, 11) is 1.88. The van der Waals surface area contributed by atoms with Gasteiger partial charge in [-0.15, -0.1) is 11.3 Å². The highest BCUT2D eigenvalue weighted by molar-refractivity contribution is 7.15. The molecule has 0 saturated carbocycles. The maximum Gasteiger partial charge on any atom is 0.303 e. The second kappa shape index (κ2) is 13.5. The molecule has 2 N–H and O–H groups in total. The molecular weight excluding hydrogens is 611 g/mol. The highest BCUT2D eigenvalue weighted by Crippen LogP contribution is 2.32. The maximum atomic E-state index is 13.1. The number of halogens is 2. The van der Waals surface area contributed by atoms with E-state index in [9.17, 15) is 14.4 Å². The van der Waals surface area contributed by atoms with Gasteiger partial charge in [0.05, 0.1) is 35.3 Å². The number of aliphatic carboxylic acids is 1. The number of carbonyl (C=O) groups excluding carboxylic acids is 2. The van der Waals surface area contributed by atoms with Crippen molar-refractivity contribution in [3.05, 3.63) is 74.8 Å². The number of fused-ring (bicyclic) bond motifs is 1. The van der Waals surface area contributed by atoms with Crippen molar-refractivity contribution in [2.45, 2.75) is 51.2 Å². The third-order valence-electron chi connectivity index (χ3n) is 7.63. The third kappa shape index (κ3) is 7.21. The zero-order valence-electron chi connectivity index (χ0n) is 23.8. The van der Waals surface area contributed by atoms with E-state index in [4.69, 9.17) is 33.0 Å². The SMILES string of the molecule is CC(OC[C@@H]1CCCN1c1ncc(CCC(=O)O)s1)C(=O)Cc1cc(Cl)c(NC(=O)c2cn(C)c3ccccc23)cc1Cl. The van der Waals surface area contributed by atoms with E-state index in [1.165, 1.54) is 11.3 Å². The number of carbonyl (C=O) groups is 3. The molecule has 1 aliphatic rings. The number of nitrogens with zero attached hydrogens (tertiary/aromatic N) is 3. The lowest BCUT2D eigenvalue weighted by atomic mass is 10.1. The van der Waals surface area contributed by atoms with Crippen molar-refractivity contribution in [1.82, 2.24) is 9.55 Å². The van der Waals surface area contributed by atoms with Crippen molar-refractivity contribution in [1.29, 1.82) is 0 Å². The minimum Gasteiger partial charge on any atom is -0.481 e. The Kier molecular flexibility index (Phi) is 9.71. The second-order valence-electron chi connectivity index (χ2n) is 10.7. The molecule has 0 spiro atoms. The summed E-state index contributed by atoms with van der Waals surface area (Å²) in [6.45, 7) is 2.92. The van der Waals surface area contributed by atoms with Gasteiger partial charge >= 0.3 is 5.97 Å². The molecule has 12 heteroatoms. The monoisotopic (exact) mass is 642 g/mol. The van der Waals surface area contributed by atoms with Crippen molar-refractivity contribution in [2.24, 2.45) is 7.05 Å². The van der Waals surface area contributed by atoms with Gasteiger partial charge in [-0.05, 0) is 49.9 Å². The van der Waals surface area contributed by atoms with Crippen molar-refractivity contribution in [3.63, 3.8) is 0 Å². The standard InChI is InChI=1S/C31H32Cl2N4O5S/c1-18(42-17-20-6-5-11-37(20)31-34-15-21(43-31)9-10-29(39)40)28(38)13-19-12-25(33)26(14-24(19)32)35-30(41)23-16-36(2)27-8-4-3-7-22(23)27/h3-4,7-8,12,14-16,18,20H,5-6,9-11,13,17H2,1-2H3,(H,35,41)(H,39,40)/t18?,20-/m0/s1. The number of hydrogen-bond donors (Lipinski definition) is 2. The van der Waals surface area contributed by atoms with Crippen molar-refractivity contribution in [2.75, 3.05) is 23.4 Å². The average Bonchev–Trinajstić information content (AvgIpc) is 3.72. The van der Waals surface area contributed by atoms with Crippen LogP contribution in [0.5, 0.6) is 0 Å². The number of Topliss-reactive ketones (excluding diaryl/α,β-unsaturated/α-hetero) is 1. The summed E-state index contributed by atoms with van der Waals surface area (Å²) in [5.74, 6) is -1.28. The van der Waals surface area contributed by atoms with Crippen LogP contribution >= 0.6 is 34.5 Å². The number of aryl methyl sites for hydroxylation is 2. The van der Waals surface area contributed by atoms with Gasteiger partial charge in [-0.1, -0.05) is 41.4 Å². The Morgan fingerprint density at radius 1 is 1.21 bits per heavy atom. The number of anilines is 2. The van der Waals surface area contributed by atoms with E-state index in [0.29, 0.717) is 34.9 Å². The van der Waals surface area contributed by atoms with Gasteiger partial charge in [0.15, 0.2) is 10.9 Å². The molecule has 1 aliphatic heterocycles. The van der Waals surface area contributed by atoms with E-state index in [1.807, 2.05) is 35.9 Å². The molecule has 1 saturated heterocycles. The van der Waals surface area contributed by atoms with Gasteiger partial charge < -0.3 is 24.6 Å². The molecule has 2 atom stereocenters. The minimum atomic E-state index is -0.829. The van der Waals surface area contributed by atoms with E-state index in [0.717, 1.165) is 40.3 Å². The zero-order valence-corrected chi connectivity index (χ0v) is 26.1. The summed E-state index contributed by atoms with van der Waals surface area (Å²) in [6, 6.07) is 10.9. The van der Waals surface area contributed by atoms with Gasteiger partial charge in [-0.3, -0.25) is 14.4 Å².